The third-order valence-electron chi connectivity index (χ3n) is 10.7. The number of hydrogen-bond donors (Lipinski definition) is 1. The fourth-order valence-electron chi connectivity index (χ4n) is 8.52. The minimum atomic E-state index is -5.89. The highest BCUT2D eigenvalue weighted by molar-refractivity contribution is 7.90. The van der Waals surface area contributed by atoms with E-state index in [1.165, 1.54) is 19.1 Å². The molecular weight excluding hydrogens is 587 g/mol. The molecule has 1 N–H and O–H groups in total. The largest absolute Gasteiger partial charge is 0.456 e. The van der Waals surface area contributed by atoms with E-state index < -0.39 is 51.2 Å². The third kappa shape index (κ3) is 4.54. The summed E-state index contributed by atoms with van der Waals surface area (Å²) in [5, 5.41) is 11.4. The summed E-state index contributed by atoms with van der Waals surface area (Å²) in [5.74, 6) is -6.62. The molecule has 5 atom stereocenters. The van der Waals surface area contributed by atoms with Crippen molar-refractivity contribution in [3.05, 3.63) is 76.9 Å². The molecule has 2 aromatic carbocycles. The number of ketones is 1. The van der Waals surface area contributed by atoms with Gasteiger partial charge >= 0.3 is 12.1 Å². The quantitative estimate of drug-likeness (QED) is 0.358. The smallest absolute Gasteiger partial charge is 0.383 e. The second kappa shape index (κ2) is 9.83. The molecule has 6 rings (SSSR count). The average Bonchev–Trinajstić information content (AvgIpc) is 3.23. The Kier molecular flexibility index (Phi) is 6.90. The van der Waals surface area contributed by atoms with Gasteiger partial charge in [0.15, 0.2) is 15.6 Å². The molecule has 0 bridgehead atoms. The number of fused-ring (bicyclic) bond motifs is 4. The zero-order chi connectivity index (χ0) is 31.2. The van der Waals surface area contributed by atoms with Crippen LogP contribution < -0.4 is 0 Å². The molecule has 0 radical (unpaired) electrons. The van der Waals surface area contributed by atoms with Crippen LogP contribution in [0.5, 0.6) is 0 Å². The van der Waals surface area contributed by atoms with Crippen molar-refractivity contribution in [2.75, 3.05) is 6.26 Å². The first-order valence-corrected chi connectivity index (χ1v) is 16.4. The molecule has 0 aliphatic heterocycles. The fourth-order valence-corrected chi connectivity index (χ4v) is 9.15. The standard InChI is InChI=1S/C33H33F5O4S/c1-30-18-27(21-5-3-19(4-6-21)20-7-11-24(12-8-20)43(2,41)42)29-25-14-10-23(39)17-22(25)9-13-26(29)28(30)15-16-31(30,40)32(34,35)33(36,37)38/h3-8,11-12,17,26-28,40H,9-10,13-16,18H2,1-2H3/t26-,27+,28-,30-,31+/m0/s1. The van der Waals surface area contributed by atoms with Gasteiger partial charge in [0.05, 0.1) is 4.90 Å². The Bertz CT molecular complexity index is 1640. The van der Waals surface area contributed by atoms with E-state index in [2.05, 4.69) is 0 Å². The molecule has 0 aromatic heterocycles. The minimum absolute atomic E-state index is 0.0290. The van der Waals surface area contributed by atoms with E-state index in [0.717, 1.165) is 39.7 Å². The molecule has 43 heavy (non-hydrogen) atoms. The number of benzene rings is 2. The first kappa shape index (κ1) is 30.2. The first-order chi connectivity index (χ1) is 20.0. The Balaban J connectivity index is 1.45. The average molecular weight is 621 g/mol. The number of sulfone groups is 1. The number of halogens is 5. The molecule has 230 valence electrons. The maximum absolute atomic E-state index is 15.2. The van der Waals surface area contributed by atoms with Gasteiger partial charge in [0, 0.05) is 24.0 Å². The Morgan fingerprint density at radius 3 is 2.07 bits per heavy atom. The first-order valence-electron chi connectivity index (χ1n) is 14.5. The predicted octanol–water partition coefficient (Wildman–Crippen LogP) is 7.59. The van der Waals surface area contributed by atoms with Crippen LogP contribution in [0.25, 0.3) is 11.1 Å². The molecule has 0 spiro atoms. The second-order valence-electron chi connectivity index (χ2n) is 12.9. The van der Waals surface area contributed by atoms with Gasteiger partial charge in [-0.3, -0.25) is 4.79 Å². The van der Waals surface area contributed by atoms with Crippen molar-refractivity contribution in [2.45, 2.75) is 80.4 Å². The van der Waals surface area contributed by atoms with Crippen molar-refractivity contribution in [3.8, 4) is 11.1 Å². The summed E-state index contributed by atoms with van der Waals surface area (Å²) >= 11 is 0. The van der Waals surface area contributed by atoms with E-state index in [-0.39, 0.29) is 29.4 Å². The van der Waals surface area contributed by atoms with Gasteiger partial charge in [-0.15, -0.1) is 0 Å². The summed E-state index contributed by atoms with van der Waals surface area (Å²) < 4.78 is 95.4. The van der Waals surface area contributed by atoms with Gasteiger partial charge in [0.25, 0.3) is 0 Å². The summed E-state index contributed by atoms with van der Waals surface area (Å²) in [6, 6.07) is 13.7. The van der Waals surface area contributed by atoms with Crippen LogP contribution in [0.4, 0.5) is 22.0 Å². The molecule has 2 saturated carbocycles. The molecule has 2 fully saturated rings. The summed E-state index contributed by atoms with van der Waals surface area (Å²) in [4.78, 5) is 12.4. The molecule has 4 aliphatic rings. The number of allylic oxidation sites excluding steroid dienone is 4. The summed E-state index contributed by atoms with van der Waals surface area (Å²) in [6.07, 6.45) is -1.89. The SMILES string of the molecule is C[C@]12C[C@H](c3ccc(-c4ccc(S(C)(=O)=O)cc4)cc3)C3=C4CCC(=O)C=C4CC[C@H]3[C@@H]1CC[C@]2(O)C(F)(F)C(F)(F)F. The van der Waals surface area contributed by atoms with E-state index in [1.807, 2.05) is 24.3 Å². The molecule has 0 unspecified atom stereocenters. The van der Waals surface area contributed by atoms with E-state index in [9.17, 15) is 31.5 Å². The topological polar surface area (TPSA) is 71.4 Å². The summed E-state index contributed by atoms with van der Waals surface area (Å²) in [5.41, 5.74) is 0.274. The Labute approximate surface area is 247 Å². The summed E-state index contributed by atoms with van der Waals surface area (Å²) in [6.45, 7) is 1.41. The van der Waals surface area contributed by atoms with Gasteiger partial charge in [-0.1, -0.05) is 48.9 Å². The molecular formula is C33H33F5O4S. The Morgan fingerprint density at radius 1 is 0.884 bits per heavy atom. The normalized spacial score (nSPS) is 31.3. The number of carbonyl (C=O) groups excluding carboxylic acids is 1. The van der Waals surface area contributed by atoms with Crippen LogP contribution in [-0.4, -0.2) is 43.3 Å². The molecule has 0 heterocycles. The monoisotopic (exact) mass is 620 g/mol. The Hall–Kier alpha value is -2.85. The zero-order valence-corrected chi connectivity index (χ0v) is 24.7. The third-order valence-corrected chi connectivity index (χ3v) is 11.8. The number of rotatable bonds is 4. The fraction of sp³-hybridized carbons (Fsp3) is 0.485. The van der Waals surface area contributed by atoms with Crippen molar-refractivity contribution in [2.24, 2.45) is 17.3 Å². The number of alkyl halides is 5. The Morgan fingerprint density at radius 2 is 1.49 bits per heavy atom. The lowest BCUT2D eigenvalue weighted by Gasteiger charge is -2.56. The number of aliphatic hydroxyl groups is 1. The van der Waals surface area contributed by atoms with Crippen LogP contribution in [0.15, 0.2) is 76.2 Å². The molecule has 10 heteroatoms. The predicted molar refractivity (Wildman–Crippen MR) is 151 cm³/mol. The van der Waals surface area contributed by atoms with Gasteiger partial charge in [0.1, 0.15) is 5.60 Å². The maximum atomic E-state index is 15.2. The van der Waals surface area contributed by atoms with Gasteiger partial charge in [-0.2, -0.15) is 22.0 Å². The molecule has 2 aromatic rings. The second-order valence-corrected chi connectivity index (χ2v) is 14.9. The number of carbonyl (C=O) groups is 1. The van der Waals surface area contributed by atoms with Crippen molar-refractivity contribution >= 4 is 15.6 Å². The van der Waals surface area contributed by atoms with E-state index in [4.69, 9.17) is 0 Å². The lowest BCUT2D eigenvalue weighted by molar-refractivity contribution is -0.362. The lowest BCUT2D eigenvalue weighted by Crippen LogP contribution is -2.65. The summed E-state index contributed by atoms with van der Waals surface area (Å²) in [7, 11) is -3.37. The van der Waals surface area contributed by atoms with E-state index in [1.54, 1.807) is 18.2 Å². The van der Waals surface area contributed by atoms with Gasteiger partial charge in [0.2, 0.25) is 0 Å². The van der Waals surface area contributed by atoms with Crippen LogP contribution >= 0.6 is 0 Å². The van der Waals surface area contributed by atoms with Crippen LogP contribution in [0, 0.1) is 17.3 Å². The molecule has 4 nitrogen and oxygen atoms in total. The minimum Gasteiger partial charge on any atom is -0.383 e. The van der Waals surface area contributed by atoms with Crippen LogP contribution in [0.1, 0.15) is 63.4 Å². The van der Waals surface area contributed by atoms with Crippen LogP contribution in [0.2, 0.25) is 0 Å². The van der Waals surface area contributed by atoms with Crippen molar-refractivity contribution in [1.82, 2.24) is 0 Å². The zero-order valence-electron chi connectivity index (χ0n) is 23.8. The van der Waals surface area contributed by atoms with Gasteiger partial charge in [-0.05, 0) is 96.4 Å². The lowest BCUT2D eigenvalue weighted by atomic mass is 9.50. The highest BCUT2D eigenvalue weighted by atomic mass is 32.2. The van der Waals surface area contributed by atoms with Gasteiger partial charge < -0.3 is 5.11 Å². The highest BCUT2D eigenvalue weighted by Gasteiger charge is 2.79. The molecule has 0 saturated heterocycles. The highest BCUT2D eigenvalue weighted by Crippen LogP contribution is 2.70. The van der Waals surface area contributed by atoms with Crippen LogP contribution in [-0.2, 0) is 14.6 Å². The van der Waals surface area contributed by atoms with Crippen molar-refractivity contribution in [1.29, 1.82) is 0 Å². The van der Waals surface area contributed by atoms with E-state index in [0.29, 0.717) is 25.7 Å². The van der Waals surface area contributed by atoms with E-state index >= 15 is 8.78 Å². The van der Waals surface area contributed by atoms with Gasteiger partial charge in [-0.25, -0.2) is 8.42 Å². The molecule has 0 amide bonds. The maximum Gasteiger partial charge on any atom is 0.456 e. The van der Waals surface area contributed by atoms with Crippen LogP contribution in [0.3, 0.4) is 0 Å². The van der Waals surface area contributed by atoms with Crippen molar-refractivity contribution in [3.63, 3.8) is 0 Å². The van der Waals surface area contributed by atoms with Crippen molar-refractivity contribution < 1.29 is 40.3 Å². The molecule has 4 aliphatic carbocycles. The number of hydrogen-bond acceptors (Lipinski definition) is 4.